The number of fused-ring (bicyclic) bond motifs is 3. The minimum atomic E-state index is -0.135. The molecule has 2 aliphatic rings. The minimum Gasteiger partial charge on any atom is -0.478 e. The Morgan fingerprint density at radius 1 is 1.14 bits per heavy atom. The lowest BCUT2D eigenvalue weighted by molar-refractivity contribution is 0.0861. The molecule has 6 heteroatoms. The number of ether oxygens (including phenoxy) is 2. The van der Waals surface area contributed by atoms with Crippen molar-refractivity contribution in [1.29, 1.82) is 0 Å². The topological polar surface area (TPSA) is 51.7 Å². The van der Waals surface area contributed by atoms with E-state index in [0.717, 1.165) is 22.6 Å². The summed E-state index contributed by atoms with van der Waals surface area (Å²) in [4.78, 5) is 19.4. The van der Waals surface area contributed by atoms with Crippen LogP contribution in [-0.4, -0.2) is 22.4 Å². The van der Waals surface area contributed by atoms with E-state index in [1.807, 2.05) is 36.4 Å². The van der Waals surface area contributed by atoms with Crippen LogP contribution in [-0.2, 0) is 13.1 Å². The Morgan fingerprint density at radius 3 is 2.90 bits per heavy atom. The molecular formula is C23H17ClN2O3. The number of hydrogen-bond donors (Lipinski definition) is 0. The van der Waals surface area contributed by atoms with E-state index in [2.05, 4.69) is 9.88 Å². The van der Waals surface area contributed by atoms with Gasteiger partial charge in [-0.3, -0.25) is 14.7 Å². The quantitative estimate of drug-likeness (QED) is 0.592. The van der Waals surface area contributed by atoms with Crippen LogP contribution in [0.15, 0.2) is 66.6 Å². The number of benzene rings is 2. The average Bonchev–Trinajstić information content (AvgIpc) is 3.05. The van der Waals surface area contributed by atoms with E-state index in [9.17, 15) is 4.79 Å². The molecule has 2 aliphatic heterocycles. The SMILES string of the molecule is O=C1/C(=C/c2cccc(Cl)c2)Oc2c1ccc1c2CN(Cc2ccccn2)CO1. The maximum Gasteiger partial charge on any atom is 0.231 e. The molecule has 0 unspecified atom stereocenters. The van der Waals surface area contributed by atoms with Crippen molar-refractivity contribution < 1.29 is 14.3 Å². The Kier molecular flexibility index (Phi) is 4.54. The molecule has 3 aromatic rings. The second kappa shape index (κ2) is 7.35. The Labute approximate surface area is 173 Å². The van der Waals surface area contributed by atoms with Crippen molar-refractivity contribution in [2.75, 3.05) is 6.73 Å². The molecule has 0 fully saturated rings. The van der Waals surface area contributed by atoms with Gasteiger partial charge in [-0.05, 0) is 48.0 Å². The van der Waals surface area contributed by atoms with Gasteiger partial charge >= 0.3 is 0 Å². The van der Waals surface area contributed by atoms with Crippen molar-refractivity contribution in [2.45, 2.75) is 13.1 Å². The Hall–Kier alpha value is -3.15. The van der Waals surface area contributed by atoms with Crippen molar-refractivity contribution >= 4 is 23.5 Å². The lowest BCUT2D eigenvalue weighted by Crippen LogP contribution is -2.32. The summed E-state index contributed by atoms with van der Waals surface area (Å²) >= 11 is 6.05. The van der Waals surface area contributed by atoms with Gasteiger partial charge < -0.3 is 9.47 Å². The highest BCUT2D eigenvalue weighted by Crippen LogP contribution is 2.42. The first-order valence-corrected chi connectivity index (χ1v) is 9.66. The smallest absolute Gasteiger partial charge is 0.231 e. The lowest BCUT2D eigenvalue weighted by atomic mass is 10.0. The molecule has 0 amide bonds. The van der Waals surface area contributed by atoms with Crippen LogP contribution in [0.2, 0.25) is 5.02 Å². The van der Waals surface area contributed by atoms with Crippen LogP contribution in [0.5, 0.6) is 11.5 Å². The molecule has 144 valence electrons. The number of carbonyl (C=O) groups is 1. The van der Waals surface area contributed by atoms with E-state index in [0.29, 0.717) is 36.2 Å². The number of carbonyl (C=O) groups excluding carboxylic acids is 1. The molecule has 0 aliphatic carbocycles. The van der Waals surface area contributed by atoms with Gasteiger partial charge in [0.2, 0.25) is 5.78 Å². The van der Waals surface area contributed by atoms with E-state index in [1.54, 1.807) is 30.5 Å². The molecule has 29 heavy (non-hydrogen) atoms. The Bertz CT molecular complexity index is 1130. The zero-order chi connectivity index (χ0) is 19.8. The summed E-state index contributed by atoms with van der Waals surface area (Å²) in [7, 11) is 0. The van der Waals surface area contributed by atoms with Gasteiger partial charge in [0.1, 0.15) is 18.2 Å². The summed E-state index contributed by atoms with van der Waals surface area (Å²) in [6.07, 6.45) is 3.50. The first-order chi connectivity index (χ1) is 14.2. The number of nitrogens with zero attached hydrogens (tertiary/aromatic N) is 2. The second-order valence-corrected chi connectivity index (χ2v) is 7.43. The molecule has 0 bridgehead atoms. The Balaban J connectivity index is 1.44. The van der Waals surface area contributed by atoms with Crippen LogP contribution >= 0.6 is 11.6 Å². The van der Waals surface area contributed by atoms with Gasteiger partial charge in [-0.25, -0.2) is 0 Å². The summed E-state index contributed by atoms with van der Waals surface area (Å²) < 4.78 is 11.9. The van der Waals surface area contributed by atoms with Crippen LogP contribution in [0.25, 0.3) is 6.08 Å². The molecule has 5 nitrogen and oxygen atoms in total. The van der Waals surface area contributed by atoms with Crippen LogP contribution in [0.3, 0.4) is 0 Å². The third-order valence-electron chi connectivity index (χ3n) is 4.94. The van der Waals surface area contributed by atoms with Gasteiger partial charge in [0.25, 0.3) is 0 Å². The van der Waals surface area contributed by atoms with Gasteiger partial charge in [-0.2, -0.15) is 0 Å². The third-order valence-corrected chi connectivity index (χ3v) is 5.18. The van der Waals surface area contributed by atoms with Crippen molar-refractivity contribution in [1.82, 2.24) is 9.88 Å². The zero-order valence-electron chi connectivity index (χ0n) is 15.5. The van der Waals surface area contributed by atoms with Gasteiger partial charge in [-0.15, -0.1) is 0 Å². The molecule has 5 rings (SSSR count). The molecule has 0 saturated carbocycles. The van der Waals surface area contributed by atoms with E-state index < -0.39 is 0 Å². The molecule has 3 heterocycles. The molecule has 1 aromatic heterocycles. The summed E-state index contributed by atoms with van der Waals surface area (Å²) in [5.74, 6) is 1.48. The summed E-state index contributed by atoms with van der Waals surface area (Å²) in [6, 6.07) is 16.8. The van der Waals surface area contributed by atoms with E-state index >= 15 is 0 Å². The zero-order valence-corrected chi connectivity index (χ0v) is 16.2. The molecular weight excluding hydrogens is 388 g/mol. The highest BCUT2D eigenvalue weighted by molar-refractivity contribution is 6.30. The number of Topliss-reactive ketones (excluding diaryl/α,β-unsaturated/α-hetero) is 1. The van der Waals surface area contributed by atoms with Gasteiger partial charge in [0.05, 0.1) is 16.8 Å². The summed E-state index contributed by atoms with van der Waals surface area (Å²) in [5, 5.41) is 0.609. The minimum absolute atomic E-state index is 0.135. The van der Waals surface area contributed by atoms with Crippen LogP contribution in [0.1, 0.15) is 27.2 Å². The fraction of sp³-hybridized carbons (Fsp3) is 0.130. The lowest BCUT2D eigenvalue weighted by Gasteiger charge is -2.29. The van der Waals surface area contributed by atoms with Gasteiger partial charge in [-0.1, -0.05) is 29.8 Å². The number of ketones is 1. The molecule has 0 spiro atoms. The highest BCUT2D eigenvalue weighted by atomic mass is 35.5. The fourth-order valence-electron chi connectivity index (χ4n) is 3.57. The highest BCUT2D eigenvalue weighted by Gasteiger charge is 2.33. The summed E-state index contributed by atoms with van der Waals surface area (Å²) in [6.45, 7) is 1.73. The molecule has 0 saturated heterocycles. The predicted molar refractivity (Wildman–Crippen MR) is 110 cm³/mol. The second-order valence-electron chi connectivity index (χ2n) is 7.00. The normalized spacial score (nSPS) is 16.9. The van der Waals surface area contributed by atoms with Crippen molar-refractivity contribution in [3.63, 3.8) is 0 Å². The Morgan fingerprint density at radius 2 is 2.07 bits per heavy atom. The van der Waals surface area contributed by atoms with Gasteiger partial charge in [0.15, 0.2) is 5.76 Å². The van der Waals surface area contributed by atoms with Crippen LogP contribution in [0, 0.1) is 0 Å². The summed E-state index contributed by atoms with van der Waals surface area (Å²) in [5.41, 5.74) is 3.22. The van der Waals surface area contributed by atoms with Crippen molar-refractivity contribution in [3.8, 4) is 11.5 Å². The third kappa shape index (κ3) is 3.50. The standard InChI is InChI=1S/C23H17ClN2O3/c24-16-5-3-4-15(10-16)11-21-22(27)18-7-8-20-19(23(18)29-21)13-26(14-28-20)12-17-6-1-2-9-25-17/h1-11H,12-14H2/b21-11-. The number of hydrogen-bond acceptors (Lipinski definition) is 5. The number of allylic oxidation sites excluding steroid dienone is 1. The first kappa shape index (κ1) is 17.9. The molecule has 2 aromatic carbocycles. The van der Waals surface area contributed by atoms with E-state index in [1.165, 1.54) is 0 Å². The number of pyridine rings is 1. The largest absolute Gasteiger partial charge is 0.478 e. The molecule has 0 radical (unpaired) electrons. The van der Waals surface area contributed by atoms with Crippen LogP contribution in [0.4, 0.5) is 0 Å². The number of aromatic nitrogens is 1. The maximum atomic E-state index is 12.9. The maximum absolute atomic E-state index is 12.9. The fourth-order valence-corrected chi connectivity index (χ4v) is 3.77. The molecule has 0 N–H and O–H groups in total. The van der Waals surface area contributed by atoms with Crippen molar-refractivity contribution in [2.24, 2.45) is 0 Å². The first-order valence-electron chi connectivity index (χ1n) is 9.28. The van der Waals surface area contributed by atoms with E-state index in [-0.39, 0.29) is 11.5 Å². The van der Waals surface area contributed by atoms with Crippen LogP contribution < -0.4 is 9.47 Å². The number of rotatable bonds is 3. The monoisotopic (exact) mass is 404 g/mol. The average molecular weight is 405 g/mol. The van der Waals surface area contributed by atoms with Crippen molar-refractivity contribution in [3.05, 3.63) is 94.0 Å². The van der Waals surface area contributed by atoms with Gasteiger partial charge in [0, 0.05) is 24.3 Å². The van der Waals surface area contributed by atoms with E-state index in [4.69, 9.17) is 21.1 Å². The molecule has 0 atom stereocenters. The number of halogens is 1. The predicted octanol–water partition coefficient (Wildman–Crippen LogP) is 4.70.